The summed E-state index contributed by atoms with van der Waals surface area (Å²) in [6, 6.07) is 18.1. The number of rotatable bonds is 8. The van der Waals surface area contributed by atoms with Crippen molar-refractivity contribution in [1.82, 2.24) is 10.6 Å². The molecule has 216 valence electrons. The molecule has 2 saturated carbocycles. The lowest BCUT2D eigenvalue weighted by atomic mass is 9.85. The van der Waals surface area contributed by atoms with E-state index in [-0.39, 0.29) is 25.3 Å². The van der Waals surface area contributed by atoms with Crippen LogP contribution in [0, 0.1) is 11.8 Å². The molecule has 0 radical (unpaired) electrons. The highest BCUT2D eigenvalue weighted by molar-refractivity contribution is 5.74. The summed E-state index contributed by atoms with van der Waals surface area (Å²) in [7, 11) is 0. The number of amides is 2. The van der Waals surface area contributed by atoms with Gasteiger partial charge in [-0.25, -0.2) is 9.59 Å². The van der Waals surface area contributed by atoms with Gasteiger partial charge in [0.25, 0.3) is 0 Å². The van der Waals surface area contributed by atoms with E-state index in [9.17, 15) is 19.2 Å². The molecule has 10 nitrogen and oxygen atoms in total. The maximum absolute atomic E-state index is 11.7. The van der Waals surface area contributed by atoms with E-state index in [4.69, 9.17) is 19.7 Å². The van der Waals surface area contributed by atoms with E-state index >= 15 is 0 Å². The second-order valence-electron chi connectivity index (χ2n) is 10.1. The Hall–Kier alpha value is -4.08. The van der Waals surface area contributed by atoms with Crippen LogP contribution in [0.25, 0.3) is 0 Å². The summed E-state index contributed by atoms with van der Waals surface area (Å²) < 4.78 is 10.2. The molecule has 2 aliphatic carbocycles. The molecule has 4 N–H and O–H groups in total. The molecule has 2 aromatic carbocycles. The fraction of sp³-hybridized carbons (Fsp3) is 0.467. The van der Waals surface area contributed by atoms with E-state index in [0.29, 0.717) is 25.7 Å². The number of carboxylic acid groups (broad SMARTS) is 2. The fourth-order valence-corrected chi connectivity index (χ4v) is 5.03. The summed E-state index contributed by atoms with van der Waals surface area (Å²) in [5, 5.41) is 23.6. The molecule has 2 aliphatic rings. The van der Waals surface area contributed by atoms with Crippen molar-refractivity contribution in [2.24, 2.45) is 11.8 Å². The van der Waals surface area contributed by atoms with Crippen molar-refractivity contribution in [3.63, 3.8) is 0 Å². The summed E-state index contributed by atoms with van der Waals surface area (Å²) in [6.45, 7) is 0.383. The van der Waals surface area contributed by atoms with Crippen LogP contribution < -0.4 is 10.6 Å². The second kappa shape index (κ2) is 16.1. The average molecular weight is 555 g/mol. The zero-order chi connectivity index (χ0) is 28.7. The van der Waals surface area contributed by atoms with Crippen LogP contribution in [0.1, 0.15) is 62.5 Å². The SMILES string of the molecule is O=C(N[C@@H]1CCCC[C@H]1C(=O)O)OCc1ccccc1.O=C(N[C@H]1CCCC[C@@H]1C(=O)O)OCc1ccccc1. The van der Waals surface area contributed by atoms with E-state index in [2.05, 4.69) is 10.6 Å². The van der Waals surface area contributed by atoms with E-state index in [0.717, 1.165) is 36.8 Å². The highest BCUT2D eigenvalue weighted by Crippen LogP contribution is 2.25. The fourth-order valence-electron chi connectivity index (χ4n) is 5.03. The zero-order valence-electron chi connectivity index (χ0n) is 22.5. The van der Waals surface area contributed by atoms with Gasteiger partial charge in [0, 0.05) is 12.1 Å². The Morgan fingerprint density at radius 2 is 0.950 bits per heavy atom. The number of hydrogen-bond donors (Lipinski definition) is 4. The Morgan fingerprint density at radius 1 is 0.600 bits per heavy atom. The summed E-state index contributed by atoms with van der Waals surface area (Å²) in [5.74, 6) is -2.71. The van der Waals surface area contributed by atoms with Crippen molar-refractivity contribution < 1.29 is 38.9 Å². The van der Waals surface area contributed by atoms with E-state index < -0.39 is 36.0 Å². The Balaban J connectivity index is 0.000000220. The molecule has 2 aromatic rings. The monoisotopic (exact) mass is 554 g/mol. The van der Waals surface area contributed by atoms with E-state index in [1.165, 1.54) is 0 Å². The predicted octanol–water partition coefficient (Wildman–Crippen LogP) is 5.11. The molecule has 4 rings (SSSR count). The number of alkyl carbamates (subject to hydrolysis) is 2. The molecule has 40 heavy (non-hydrogen) atoms. The van der Waals surface area contributed by atoms with Gasteiger partial charge >= 0.3 is 24.1 Å². The van der Waals surface area contributed by atoms with Crippen LogP contribution in [0.3, 0.4) is 0 Å². The number of carbonyl (C=O) groups excluding carboxylic acids is 2. The van der Waals surface area contributed by atoms with Crippen molar-refractivity contribution in [3.05, 3.63) is 71.8 Å². The van der Waals surface area contributed by atoms with Crippen LogP contribution in [-0.2, 0) is 32.3 Å². The predicted molar refractivity (Wildman–Crippen MR) is 146 cm³/mol. The third-order valence-corrected chi connectivity index (χ3v) is 7.20. The molecule has 10 heteroatoms. The van der Waals surface area contributed by atoms with Crippen molar-refractivity contribution >= 4 is 24.1 Å². The van der Waals surface area contributed by atoms with Gasteiger partial charge in [0.1, 0.15) is 13.2 Å². The first-order valence-corrected chi connectivity index (χ1v) is 13.7. The highest BCUT2D eigenvalue weighted by Gasteiger charge is 2.33. The Labute approximate surface area is 234 Å². The number of hydrogen-bond acceptors (Lipinski definition) is 6. The average Bonchev–Trinajstić information content (AvgIpc) is 2.97. The molecule has 0 spiro atoms. The molecule has 0 aromatic heterocycles. The highest BCUT2D eigenvalue weighted by atomic mass is 16.6. The minimum absolute atomic E-state index is 0.192. The normalized spacial score (nSPS) is 22.0. The van der Waals surface area contributed by atoms with Crippen LogP contribution in [0.15, 0.2) is 60.7 Å². The number of aliphatic carboxylic acids is 2. The number of ether oxygens (including phenoxy) is 2. The van der Waals surface area contributed by atoms with Crippen molar-refractivity contribution in [3.8, 4) is 0 Å². The molecule has 0 heterocycles. The topological polar surface area (TPSA) is 151 Å². The van der Waals surface area contributed by atoms with Crippen molar-refractivity contribution in [1.29, 1.82) is 0 Å². The first kappa shape index (κ1) is 30.5. The molecule has 2 amide bonds. The first-order valence-electron chi connectivity index (χ1n) is 13.7. The smallest absolute Gasteiger partial charge is 0.407 e. The van der Waals surface area contributed by atoms with E-state index in [1.54, 1.807) is 0 Å². The third-order valence-electron chi connectivity index (χ3n) is 7.20. The van der Waals surface area contributed by atoms with Gasteiger partial charge in [0.15, 0.2) is 0 Å². The first-order chi connectivity index (χ1) is 19.3. The molecule has 2 fully saturated rings. The maximum atomic E-state index is 11.7. The number of carbonyl (C=O) groups is 4. The molecule has 0 unspecified atom stereocenters. The lowest BCUT2D eigenvalue weighted by Gasteiger charge is -2.28. The molecule has 4 atom stereocenters. The largest absolute Gasteiger partial charge is 0.481 e. The van der Waals surface area contributed by atoms with Gasteiger partial charge < -0.3 is 30.3 Å². The van der Waals surface area contributed by atoms with Gasteiger partial charge in [0.05, 0.1) is 11.8 Å². The van der Waals surface area contributed by atoms with Crippen LogP contribution in [0.5, 0.6) is 0 Å². The van der Waals surface area contributed by atoms with Gasteiger partial charge in [-0.3, -0.25) is 9.59 Å². The van der Waals surface area contributed by atoms with Gasteiger partial charge in [0.2, 0.25) is 0 Å². The lowest BCUT2D eigenvalue weighted by Crippen LogP contribution is -2.45. The quantitative estimate of drug-likeness (QED) is 0.351. The van der Waals surface area contributed by atoms with Gasteiger partial charge in [-0.15, -0.1) is 0 Å². The van der Waals surface area contributed by atoms with Crippen LogP contribution in [0.2, 0.25) is 0 Å². The Kier molecular flexibility index (Phi) is 12.3. The van der Waals surface area contributed by atoms with E-state index in [1.807, 2.05) is 60.7 Å². The second-order valence-corrected chi connectivity index (χ2v) is 10.1. The van der Waals surface area contributed by atoms with Crippen molar-refractivity contribution in [2.75, 3.05) is 0 Å². The molecular weight excluding hydrogens is 516 g/mol. The minimum Gasteiger partial charge on any atom is -0.481 e. The minimum atomic E-state index is -0.849. The molecule has 0 bridgehead atoms. The number of carboxylic acids is 2. The third kappa shape index (κ3) is 10.2. The Bertz CT molecular complexity index is 1010. The number of nitrogens with one attached hydrogen (secondary N) is 2. The van der Waals surface area contributed by atoms with Crippen LogP contribution in [0.4, 0.5) is 9.59 Å². The van der Waals surface area contributed by atoms with Crippen LogP contribution >= 0.6 is 0 Å². The van der Waals surface area contributed by atoms with Gasteiger partial charge in [-0.2, -0.15) is 0 Å². The summed E-state index contributed by atoms with van der Waals surface area (Å²) >= 11 is 0. The Morgan fingerprint density at radius 3 is 1.30 bits per heavy atom. The van der Waals surface area contributed by atoms with Gasteiger partial charge in [-0.05, 0) is 36.8 Å². The molecule has 0 aliphatic heterocycles. The number of benzene rings is 2. The van der Waals surface area contributed by atoms with Crippen molar-refractivity contribution in [2.45, 2.75) is 76.7 Å². The summed E-state index contributed by atoms with van der Waals surface area (Å²) in [6.07, 6.45) is 5.18. The maximum Gasteiger partial charge on any atom is 0.407 e. The standard InChI is InChI=1S/2C15H19NO4/c2*17-14(18)12-8-4-5-9-13(12)16-15(19)20-10-11-6-2-1-3-7-11/h2*1-3,6-7,12-13H,4-5,8-10H2,(H,16,19)(H,17,18)/t2*12-,13-/m10/s1. The molecule has 0 saturated heterocycles. The van der Waals surface area contributed by atoms with Gasteiger partial charge in [-0.1, -0.05) is 86.3 Å². The summed E-state index contributed by atoms with van der Waals surface area (Å²) in [4.78, 5) is 45.7. The molecular formula is C30H38N2O8. The zero-order valence-corrected chi connectivity index (χ0v) is 22.5. The van der Waals surface area contributed by atoms with Crippen LogP contribution in [-0.4, -0.2) is 46.4 Å². The lowest BCUT2D eigenvalue weighted by molar-refractivity contribution is -0.144. The summed E-state index contributed by atoms with van der Waals surface area (Å²) in [5.41, 5.74) is 1.81.